The minimum Gasteiger partial charge on any atom is -0.497 e. The molecule has 0 aromatic heterocycles. The van der Waals surface area contributed by atoms with Crippen LogP contribution >= 0.6 is 0 Å². The molecule has 0 spiro atoms. The number of nitrogens with one attached hydrogen (secondary N) is 2. The van der Waals surface area contributed by atoms with Crippen molar-refractivity contribution in [3.05, 3.63) is 60.2 Å². The summed E-state index contributed by atoms with van der Waals surface area (Å²) < 4.78 is 10.5. The fourth-order valence-electron chi connectivity index (χ4n) is 4.00. The van der Waals surface area contributed by atoms with E-state index in [9.17, 15) is 19.2 Å². The van der Waals surface area contributed by atoms with Crippen LogP contribution in [0.15, 0.2) is 54.6 Å². The molecule has 2 aromatic carbocycles. The van der Waals surface area contributed by atoms with Gasteiger partial charge in [-0.1, -0.05) is 30.3 Å². The van der Waals surface area contributed by atoms with Gasteiger partial charge in [-0.3, -0.25) is 14.4 Å². The fraction of sp³-hybridized carbons (Fsp3) is 0.429. The molecule has 4 N–H and O–H groups in total. The van der Waals surface area contributed by atoms with Crippen LogP contribution in [0.4, 0.5) is 10.5 Å². The van der Waals surface area contributed by atoms with Crippen molar-refractivity contribution in [2.45, 2.75) is 70.2 Å². The minimum atomic E-state index is -1.11. The molecule has 0 aliphatic heterocycles. The van der Waals surface area contributed by atoms with Crippen molar-refractivity contribution in [3.8, 4) is 5.75 Å². The molecule has 1 saturated carbocycles. The predicted molar refractivity (Wildman–Crippen MR) is 142 cm³/mol. The second kappa shape index (κ2) is 12.4. The number of alkyl carbamates (subject to hydrolysis) is 1. The predicted octanol–water partition coefficient (Wildman–Crippen LogP) is 3.52. The van der Waals surface area contributed by atoms with Crippen LogP contribution in [0.25, 0.3) is 0 Å². The Hall–Kier alpha value is -4.08. The summed E-state index contributed by atoms with van der Waals surface area (Å²) in [6.07, 6.45) is 0.464. The molecule has 1 fully saturated rings. The fourth-order valence-corrected chi connectivity index (χ4v) is 4.00. The van der Waals surface area contributed by atoms with Crippen molar-refractivity contribution in [3.63, 3.8) is 0 Å². The molecule has 0 radical (unpaired) electrons. The highest BCUT2D eigenvalue weighted by Gasteiger charge is 2.44. The van der Waals surface area contributed by atoms with E-state index in [2.05, 4.69) is 10.6 Å². The molecule has 38 heavy (non-hydrogen) atoms. The van der Waals surface area contributed by atoms with Gasteiger partial charge in [-0.25, -0.2) is 4.79 Å². The lowest BCUT2D eigenvalue weighted by Crippen LogP contribution is -2.53. The Kier molecular flexibility index (Phi) is 9.33. The standard InChI is InChI=1S/C28H36N4O6/c1-28(2,3)38-27(36)31-22(16-17-23(29)33)26(35)32(20-12-13-20)24(18-8-6-5-7-9-18)25(34)30-19-10-14-21(37-4)15-11-19/h5-11,14-15,20,22,24H,12-13,16-17H2,1-4H3,(H2,29,33)(H,30,34)(H,31,36). The smallest absolute Gasteiger partial charge is 0.408 e. The highest BCUT2D eigenvalue weighted by Crippen LogP contribution is 2.36. The van der Waals surface area contributed by atoms with Crippen LogP contribution in [0.3, 0.4) is 0 Å². The third-order valence-electron chi connectivity index (χ3n) is 5.86. The minimum absolute atomic E-state index is 0.0295. The number of hydrogen-bond donors (Lipinski definition) is 3. The molecular formula is C28H36N4O6. The molecule has 0 heterocycles. The average molecular weight is 525 g/mol. The molecule has 3 rings (SSSR count). The van der Waals surface area contributed by atoms with Gasteiger partial charge in [0.25, 0.3) is 5.91 Å². The van der Waals surface area contributed by atoms with Crippen LogP contribution in [-0.2, 0) is 19.1 Å². The normalized spacial score (nSPS) is 14.5. The third kappa shape index (κ3) is 8.22. The van der Waals surface area contributed by atoms with E-state index in [0.29, 0.717) is 29.8 Å². The van der Waals surface area contributed by atoms with Crippen molar-refractivity contribution in [2.75, 3.05) is 12.4 Å². The van der Waals surface area contributed by atoms with E-state index in [0.717, 1.165) is 0 Å². The number of methoxy groups -OCH3 is 1. The van der Waals surface area contributed by atoms with E-state index in [1.165, 1.54) is 4.90 Å². The maximum absolute atomic E-state index is 14.0. The van der Waals surface area contributed by atoms with Crippen molar-refractivity contribution < 1.29 is 28.7 Å². The van der Waals surface area contributed by atoms with Gasteiger partial charge in [0, 0.05) is 18.2 Å². The van der Waals surface area contributed by atoms with Gasteiger partial charge in [-0.15, -0.1) is 0 Å². The van der Waals surface area contributed by atoms with E-state index in [4.69, 9.17) is 15.2 Å². The number of rotatable bonds is 11. The van der Waals surface area contributed by atoms with E-state index in [-0.39, 0.29) is 18.9 Å². The second-order valence-electron chi connectivity index (χ2n) is 10.2. The number of primary amides is 1. The molecule has 0 bridgehead atoms. The van der Waals surface area contributed by atoms with Crippen molar-refractivity contribution in [2.24, 2.45) is 5.73 Å². The topological polar surface area (TPSA) is 140 Å². The van der Waals surface area contributed by atoms with E-state index >= 15 is 0 Å². The van der Waals surface area contributed by atoms with Crippen LogP contribution in [0, 0.1) is 0 Å². The molecule has 2 atom stereocenters. The lowest BCUT2D eigenvalue weighted by atomic mass is 10.0. The Labute approximate surface area is 222 Å². The van der Waals surface area contributed by atoms with Crippen molar-refractivity contribution in [1.82, 2.24) is 10.2 Å². The number of nitrogens with two attached hydrogens (primary N) is 1. The summed E-state index contributed by atoms with van der Waals surface area (Å²) in [6, 6.07) is 13.5. The number of carbonyl (C=O) groups excluding carboxylic acids is 4. The summed E-state index contributed by atoms with van der Waals surface area (Å²) in [6.45, 7) is 5.12. The second-order valence-corrected chi connectivity index (χ2v) is 10.2. The first kappa shape index (κ1) is 28.5. The number of hydrogen-bond acceptors (Lipinski definition) is 6. The van der Waals surface area contributed by atoms with Gasteiger partial charge in [0.1, 0.15) is 23.4 Å². The molecular weight excluding hydrogens is 488 g/mol. The van der Waals surface area contributed by atoms with Crippen LogP contribution < -0.4 is 21.1 Å². The monoisotopic (exact) mass is 524 g/mol. The number of carbonyl (C=O) groups is 4. The van der Waals surface area contributed by atoms with E-state index in [1.54, 1.807) is 76.4 Å². The molecule has 1 aliphatic rings. The number of anilines is 1. The Morgan fingerprint density at radius 2 is 1.66 bits per heavy atom. The summed E-state index contributed by atoms with van der Waals surface area (Å²) in [4.78, 5) is 53.4. The summed E-state index contributed by atoms with van der Waals surface area (Å²) in [5, 5.41) is 5.49. The largest absolute Gasteiger partial charge is 0.497 e. The molecule has 0 saturated heterocycles. The molecule has 4 amide bonds. The maximum Gasteiger partial charge on any atom is 0.408 e. The van der Waals surface area contributed by atoms with Crippen LogP contribution in [0.1, 0.15) is 58.1 Å². The first-order valence-corrected chi connectivity index (χ1v) is 12.6. The van der Waals surface area contributed by atoms with Crippen molar-refractivity contribution >= 4 is 29.5 Å². The molecule has 10 heteroatoms. The first-order valence-electron chi connectivity index (χ1n) is 12.6. The molecule has 204 valence electrons. The van der Waals surface area contributed by atoms with Gasteiger partial charge in [0.2, 0.25) is 11.8 Å². The van der Waals surface area contributed by atoms with Crippen LogP contribution in [0.5, 0.6) is 5.75 Å². The van der Waals surface area contributed by atoms with Crippen molar-refractivity contribution in [1.29, 1.82) is 0 Å². The van der Waals surface area contributed by atoms with Gasteiger partial charge in [0.05, 0.1) is 7.11 Å². The average Bonchev–Trinajstić information content (AvgIpc) is 3.69. The van der Waals surface area contributed by atoms with Gasteiger partial charge in [-0.05, 0) is 69.9 Å². The Morgan fingerprint density at radius 3 is 2.18 bits per heavy atom. The zero-order valence-electron chi connectivity index (χ0n) is 22.2. The molecule has 10 nitrogen and oxygen atoms in total. The Morgan fingerprint density at radius 1 is 1.03 bits per heavy atom. The van der Waals surface area contributed by atoms with Gasteiger partial charge >= 0.3 is 6.09 Å². The number of ether oxygens (including phenoxy) is 2. The summed E-state index contributed by atoms with van der Waals surface area (Å²) in [7, 11) is 1.55. The SMILES string of the molecule is COc1ccc(NC(=O)C(c2ccccc2)N(C(=O)C(CCC(N)=O)NC(=O)OC(C)(C)C)C2CC2)cc1. The zero-order valence-corrected chi connectivity index (χ0v) is 22.2. The summed E-state index contributed by atoms with van der Waals surface area (Å²) in [5.41, 5.74) is 5.71. The Bertz CT molecular complexity index is 1130. The third-order valence-corrected chi connectivity index (χ3v) is 5.86. The van der Waals surface area contributed by atoms with Gasteiger partial charge in [-0.2, -0.15) is 0 Å². The molecule has 2 aromatic rings. The zero-order chi connectivity index (χ0) is 27.9. The highest BCUT2D eigenvalue weighted by molar-refractivity contribution is 5.99. The van der Waals surface area contributed by atoms with Gasteiger partial charge < -0.3 is 30.7 Å². The van der Waals surface area contributed by atoms with E-state index < -0.39 is 41.5 Å². The maximum atomic E-state index is 14.0. The quantitative estimate of drug-likeness (QED) is 0.411. The summed E-state index contributed by atoms with van der Waals surface area (Å²) >= 11 is 0. The molecule has 2 unspecified atom stereocenters. The lowest BCUT2D eigenvalue weighted by Gasteiger charge is -2.34. The molecule has 1 aliphatic carbocycles. The lowest BCUT2D eigenvalue weighted by molar-refractivity contribution is -0.141. The van der Waals surface area contributed by atoms with Gasteiger partial charge in [0.15, 0.2) is 0 Å². The van der Waals surface area contributed by atoms with Crippen LogP contribution in [-0.4, -0.2) is 53.5 Å². The summed E-state index contributed by atoms with van der Waals surface area (Å²) in [5.74, 6) is -0.864. The Balaban J connectivity index is 1.94. The number of benzene rings is 2. The highest BCUT2D eigenvalue weighted by atomic mass is 16.6. The van der Waals surface area contributed by atoms with E-state index in [1.807, 2.05) is 6.07 Å². The number of nitrogens with zero attached hydrogens (tertiary/aromatic N) is 1. The first-order chi connectivity index (χ1) is 18.0. The number of amides is 4. The van der Waals surface area contributed by atoms with Crippen LogP contribution in [0.2, 0.25) is 0 Å².